The van der Waals surface area contributed by atoms with Crippen LogP contribution in [0, 0.1) is 0 Å². The van der Waals surface area contributed by atoms with E-state index in [9.17, 15) is 8.42 Å². The van der Waals surface area contributed by atoms with Crippen LogP contribution in [0.3, 0.4) is 0 Å². The standard InChI is InChI=1S/C11H12O4S/c1-2-10-4-6-11(7-5-10)15-8-3-9-16(12,13)14/h2-7,9H,1,8H2,(H,12,13,14)/b9-3-. The first-order valence-electron chi connectivity index (χ1n) is 4.50. The van der Waals surface area contributed by atoms with Gasteiger partial charge in [-0.25, -0.2) is 0 Å². The van der Waals surface area contributed by atoms with E-state index in [0.29, 0.717) is 11.2 Å². The lowest BCUT2D eigenvalue weighted by Gasteiger charge is -2.02. The predicted molar refractivity (Wildman–Crippen MR) is 62.7 cm³/mol. The van der Waals surface area contributed by atoms with Gasteiger partial charge in [-0.05, 0) is 23.8 Å². The molecule has 0 unspecified atom stereocenters. The minimum atomic E-state index is -4.06. The lowest BCUT2D eigenvalue weighted by atomic mass is 10.2. The van der Waals surface area contributed by atoms with E-state index < -0.39 is 10.1 Å². The van der Waals surface area contributed by atoms with Crippen molar-refractivity contribution in [2.45, 2.75) is 0 Å². The normalized spacial score (nSPS) is 11.6. The molecular weight excluding hydrogens is 228 g/mol. The zero-order valence-corrected chi connectivity index (χ0v) is 9.35. The molecule has 0 radical (unpaired) electrons. The van der Waals surface area contributed by atoms with Gasteiger partial charge in [-0.15, -0.1) is 0 Å². The molecule has 1 rings (SSSR count). The van der Waals surface area contributed by atoms with Crippen LogP contribution in [0.15, 0.2) is 42.3 Å². The highest BCUT2D eigenvalue weighted by molar-refractivity contribution is 7.88. The van der Waals surface area contributed by atoms with Crippen molar-refractivity contribution in [3.8, 4) is 5.75 Å². The summed E-state index contributed by atoms with van der Waals surface area (Å²) in [5, 5.41) is 0.686. The van der Waals surface area contributed by atoms with Crippen LogP contribution in [0.25, 0.3) is 6.08 Å². The maximum absolute atomic E-state index is 10.3. The van der Waals surface area contributed by atoms with Gasteiger partial charge < -0.3 is 4.74 Å². The van der Waals surface area contributed by atoms with Crippen molar-refractivity contribution in [3.05, 3.63) is 47.9 Å². The Balaban J connectivity index is 2.49. The van der Waals surface area contributed by atoms with E-state index >= 15 is 0 Å². The van der Waals surface area contributed by atoms with Crippen LogP contribution in [0.1, 0.15) is 5.56 Å². The lowest BCUT2D eigenvalue weighted by Crippen LogP contribution is -1.96. The third-order valence-corrected chi connectivity index (χ3v) is 2.27. The van der Waals surface area contributed by atoms with Crippen molar-refractivity contribution >= 4 is 16.2 Å². The van der Waals surface area contributed by atoms with Crippen molar-refractivity contribution in [1.29, 1.82) is 0 Å². The molecule has 0 bridgehead atoms. The quantitative estimate of drug-likeness (QED) is 0.800. The topological polar surface area (TPSA) is 63.6 Å². The Morgan fingerprint density at radius 3 is 2.44 bits per heavy atom. The van der Waals surface area contributed by atoms with Gasteiger partial charge in [0, 0.05) is 0 Å². The fourth-order valence-electron chi connectivity index (χ4n) is 1.01. The minimum Gasteiger partial charge on any atom is -0.490 e. The summed E-state index contributed by atoms with van der Waals surface area (Å²) in [6.45, 7) is 3.69. The Morgan fingerprint density at radius 1 is 1.31 bits per heavy atom. The van der Waals surface area contributed by atoms with E-state index in [2.05, 4.69) is 6.58 Å². The molecule has 0 aliphatic rings. The third-order valence-electron chi connectivity index (χ3n) is 1.73. The van der Waals surface area contributed by atoms with Crippen molar-refractivity contribution in [2.24, 2.45) is 0 Å². The fourth-order valence-corrected chi connectivity index (χ4v) is 1.33. The van der Waals surface area contributed by atoms with Crippen LogP contribution < -0.4 is 4.74 Å². The molecule has 0 atom stereocenters. The van der Waals surface area contributed by atoms with E-state index in [4.69, 9.17) is 9.29 Å². The van der Waals surface area contributed by atoms with E-state index in [1.165, 1.54) is 6.08 Å². The van der Waals surface area contributed by atoms with E-state index in [1.807, 2.05) is 12.1 Å². The summed E-state index contributed by atoms with van der Waals surface area (Å²) >= 11 is 0. The van der Waals surface area contributed by atoms with Crippen molar-refractivity contribution in [3.63, 3.8) is 0 Å². The molecule has 0 spiro atoms. The molecule has 16 heavy (non-hydrogen) atoms. The van der Waals surface area contributed by atoms with E-state index in [1.54, 1.807) is 18.2 Å². The van der Waals surface area contributed by atoms with E-state index in [0.717, 1.165) is 5.56 Å². The van der Waals surface area contributed by atoms with Gasteiger partial charge in [0.1, 0.15) is 12.4 Å². The van der Waals surface area contributed by atoms with Crippen LogP contribution in [-0.2, 0) is 10.1 Å². The zero-order chi connectivity index (χ0) is 12.0. The van der Waals surface area contributed by atoms with Crippen LogP contribution in [0.4, 0.5) is 0 Å². The van der Waals surface area contributed by atoms with E-state index in [-0.39, 0.29) is 6.61 Å². The summed E-state index contributed by atoms with van der Waals surface area (Å²) in [6.07, 6.45) is 2.93. The monoisotopic (exact) mass is 240 g/mol. The molecule has 0 saturated carbocycles. The first kappa shape index (κ1) is 12.5. The van der Waals surface area contributed by atoms with Gasteiger partial charge in [-0.3, -0.25) is 4.55 Å². The van der Waals surface area contributed by atoms with Gasteiger partial charge in [-0.1, -0.05) is 24.8 Å². The van der Waals surface area contributed by atoms with Gasteiger partial charge in [-0.2, -0.15) is 8.42 Å². The molecule has 0 aliphatic carbocycles. The second-order valence-electron chi connectivity index (χ2n) is 2.97. The lowest BCUT2D eigenvalue weighted by molar-refractivity contribution is 0.363. The van der Waals surface area contributed by atoms with Gasteiger partial charge in [0.25, 0.3) is 10.1 Å². The number of hydrogen-bond donors (Lipinski definition) is 1. The van der Waals surface area contributed by atoms with Crippen LogP contribution in [0.2, 0.25) is 0 Å². The Hall–Kier alpha value is -1.59. The van der Waals surface area contributed by atoms with Gasteiger partial charge in [0.05, 0.1) is 5.41 Å². The summed E-state index contributed by atoms with van der Waals surface area (Å²) < 4.78 is 34.3. The first-order chi connectivity index (χ1) is 7.51. The Morgan fingerprint density at radius 2 is 1.94 bits per heavy atom. The molecule has 1 N–H and O–H groups in total. The molecule has 4 nitrogen and oxygen atoms in total. The smallest absolute Gasteiger partial charge is 0.287 e. The number of rotatable bonds is 5. The first-order valence-corrected chi connectivity index (χ1v) is 6.01. The summed E-state index contributed by atoms with van der Waals surface area (Å²) in [4.78, 5) is 0. The molecule has 0 heterocycles. The van der Waals surface area contributed by atoms with Crippen molar-refractivity contribution < 1.29 is 17.7 Å². The Labute approximate surface area is 94.6 Å². The average Bonchev–Trinajstić information content (AvgIpc) is 2.24. The molecule has 0 amide bonds. The number of ether oxygens (including phenoxy) is 1. The summed E-state index contributed by atoms with van der Waals surface area (Å²) in [7, 11) is -4.06. The van der Waals surface area contributed by atoms with Gasteiger partial charge in [0.2, 0.25) is 0 Å². The molecule has 0 aromatic heterocycles. The summed E-state index contributed by atoms with van der Waals surface area (Å²) in [5.41, 5.74) is 0.973. The SMILES string of the molecule is C=Cc1ccc(OC/C=C\S(=O)(=O)O)cc1. The summed E-state index contributed by atoms with van der Waals surface area (Å²) in [6, 6.07) is 7.15. The maximum Gasteiger partial charge on any atom is 0.287 e. The molecule has 1 aromatic rings. The van der Waals surface area contributed by atoms with Gasteiger partial charge in [0.15, 0.2) is 0 Å². The number of benzene rings is 1. The highest BCUT2D eigenvalue weighted by Gasteiger charge is 1.95. The molecule has 1 aromatic carbocycles. The second-order valence-corrected chi connectivity index (χ2v) is 4.27. The fraction of sp³-hybridized carbons (Fsp3) is 0.0909. The van der Waals surface area contributed by atoms with Gasteiger partial charge >= 0.3 is 0 Å². The van der Waals surface area contributed by atoms with Crippen molar-refractivity contribution in [2.75, 3.05) is 6.61 Å². The molecule has 0 fully saturated rings. The average molecular weight is 240 g/mol. The van der Waals surface area contributed by atoms with Crippen LogP contribution in [0.5, 0.6) is 5.75 Å². The second kappa shape index (κ2) is 5.48. The third kappa shape index (κ3) is 4.77. The Bertz CT molecular complexity index is 471. The molecular formula is C11H12O4S. The van der Waals surface area contributed by atoms with Crippen LogP contribution >= 0.6 is 0 Å². The highest BCUT2D eigenvalue weighted by atomic mass is 32.2. The van der Waals surface area contributed by atoms with Crippen LogP contribution in [-0.4, -0.2) is 19.6 Å². The molecule has 0 saturated heterocycles. The largest absolute Gasteiger partial charge is 0.490 e. The minimum absolute atomic E-state index is 0.0766. The predicted octanol–water partition coefficient (Wildman–Crippen LogP) is 2.11. The molecule has 5 heteroatoms. The summed E-state index contributed by atoms with van der Waals surface area (Å²) in [5.74, 6) is 0.616. The molecule has 86 valence electrons. The van der Waals surface area contributed by atoms with Crippen molar-refractivity contribution in [1.82, 2.24) is 0 Å². The zero-order valence-electron chi connectivity index (χ0n) is 8.54. The maximum atomic E-state index is 10.3. The molecule has 0 aliphatic heterocycles. The highest BCUT2D eigenvalue weighted by Crippen LogP contribution is 2.12. The number of hydrogen-bond acceptors (Lipinski definition) is 3. The Kier molecular flexibility index (Phi) is 4.28.